The van der Waals surface area contributed by atoms with Crippen LogP contribution >= 0.6 is 24.0 Å². The van der Waals surface area contributed by atoms with Gasteiger partial charge < -0.3 is 10.6 Å². The molecule has 2 heterocycles. The molecule has 0 bridgehead atoms. The average molecular weight is 558 g/mol. The van der Waals surface area contributed by atoms with Crippen molar-refractivity contribution in [1.29, 1.82) is 0 Å². The van der Waals surface area contributed by atoms with Gasteiger partial charge in [0, 0.05) is 44.5 Å². The van der Waals surface area contributed by atoms with Crippen LogP contribution in [0.15, 0.2) is 58.5 Å². The van der Waals surface area contributed by atoms with Crippen molar-refractivity contribution in [2.45, 2.75) is 44.0 Å². The first-order chi connectivity index (χ1) is 14.6. The van der Waals surface area contributed by atoms with Crippen LogP contribution in [0.25, 0.3) is 0 Å². The highest BCUT2D eigenvalue weighted by atomic mass is 127. The maximum Gasteiger partial charge on any atom is 0.243 e. The molecule has 1 aromatic heterocycles. The van der Waals surface area contributed by atoms with Gasteiger partial charge in [-0.25, -0.2) is 13.4 Å². The van der Waals surface area contributed by atoms with E-state index in [0.29, 0.717) is 24.5 Å². The molecule has 2 aromatic rings. The number of pyridine rings is 1. The molecule has 1 saturated heterocycles. The lowest BCUT2D eigenvalue weighted by atomic mass is 10.2. The van der Waals surface area contributed by atoms with Crippen LogP contribution in [0.4, 0.5) is 0 Å². The first-order valence-corrected chi connectivity index (χ1v) is 12.0. The molecular weight excluding hydrogens is 525 g/mol. The lowest BCUT2D eigenvalue weighted by Crippen LogP contribution is -2.38. The van der Waals surface area contributed by atoms with Crippen LogP contribution in [0.1, 0.15) is 37.4 Å². The highest BCUT2D eigenvalue weighted by molar-refractivity contribution is 14.0. The molecule has 170 valence electrons. The zero-order valence-corrected chi connectivity index (χ0v) is 21.1. The van der Waals surface area contributed by atoms with Gasteiger partial charge in [-0.2, -0.15) is 4.31 Å². The molecule has 1 aromatic carbocycles. The lowest BCUT2D eigenvalue weighted by Gasteiger charge is -2.25. The number of piperidine rings is 1. The zero-order chi connectivity index (χ0) is 21.2. The summed E-state index contributed by atoms with van der Waals surface area (Å²) in [5, 5.41) is 6.55. The number of nitrogens with one attached hydrogen (secondary N) is 2. The fourth-order valence-corrected chi connectivity index (χ4v) is 4.91. The summed E-state index contributed by atoms with van der Waals surface area (Å²) in [7, 11) is -3.39. The summed E-state index contributed by atoms with van der Waals surface area (Å²) in [4.78, 5) is 9.29. The van der Waals surface area contributed by atoms with Crippen molar-refractivity contribution >= 4 is 40.0 Å². The third-order valence-electron chi connectivity index (χ3n) is 5.04. The Labute approximate surface area is 202 Å². The van der Waals surface area contributed by atoms with E-state index in [0.717, 1.165) is 56.0 Å². The molecule has 1 aliphatic heterocycles. The summed E-state index contributed by atoms with van der Waals surface area (Å²) >= 11 is 0. The molecule has 31 heavy (non-hydrogen) atoms. The zero-order valence-electron chi connectivity index (χ0n) is 18.0. The normalized spacial score (nSPS) is 15.2. The topological polar surface area (TPSA) is 86.7 Å². The number of nitrogens with zero attached hydrogens (tertiary/aromatic N) is 3. The Kier molecular flexibility index (Phi) is 10.7. The van der Waals surface area contributed by atoms with Crippen LogP contribution in [0.2, 0.25) is 0 Å². The van der Waals surface area contributed by atoms with Crippen molar-refractivity contribution in [1.82, 2.24) is 19.9 Å². The fraction of sp³-hybridized carbons (Fsp3) is 0.455. The molecule has 0 saturated carbocycles. The van der Waals surface area contributed by atoms with Crippen LogP contribution in [-0.2, 0) is 23.0 Å². The van der Waals surface area contributed by atoms with Crippen molar-refractivity contribution < 1.29 is 8.42 Å². The van der Waals surface area contributed by atoms with E-state index < -0.39 is 10.0 Å². The Morgan fingerprint density at radius 1 is 1.06 bits per heavy atom. The van der Waals surface area contributed by atoms with Gasteiger partial charge in [0.05, 0.1) is 11.4 Å². The van der Waals surface area contributed by atoms with E-state index in [9.17, 15) is 8.42 Å². The first-order valence-electron chi connectivity index (χ1n) is 10.6. The minimum absolute atomic E-state index is 0. The van der Waals surface area contributed by atoms with Crippen molar-refractivity contribution in [3.63, 3.8) is 0 Å². The summed E-state index contributed by atoms with van der Waals surface area (Å²) in [5.41, 5.74) is 2.00. The van der Waals surface area contributed by atoms with Crippen molar-refractivity contribution in [3.8, 4) is 0 Å². The maximum atomic E-state index is 12.8. The minimum atomic E-state index is -3.39. The van der Waals surface area contributed by atoms with Gasteiger partial charge in [0.2, 0.25) is 10.0 Å². The monoisotopic (exact) mass is 557 g/mol. The number of guanidine groups is 1. The largest absolute Gasteiger partial charge is 0.357 e. The Hall–Kier alpha value is -1.72. The summed E-state index contributed by atoms with van der Waals surface area (Å²) in [6, 6.07) is 13.0. The van der Waals surface area contributed by atoms with Crippen molar-refractivity contribution in [2.24, 2.45) is 4.99 Å². The average Bonchev–Trinajstić information content (AvgIpc) is 2.79. The van der Waals surface area contributed by atoms with E-state index >= 15 is 0 Å². The number of rotatable bonds is 8. The third kappa shape index (κ3) is 7.73. The molecule has 2 N–H and O–H groups in total. The predicted molar refractivity (Wildman–Crippen MR) is 135 cm³/mol. The van der Waals surface area contributed by atoms with Gasteiger partial charge in [-0.1, -0.05) is 24.6 Å². The molecule has 0 radical (unpaired) electrons. The number of benzene rings is 1. The van der Waals surface area contributed by atoms with E-state index in [1.807, 2.05) is 37.3 Å². The molecule has 0 spiro atoms. The van der Waals surface area contributed by atoms with E-state index in [-0.39, 0.29) is 24.0 Å². The van der Waals surface area contributed by atoms with Gasteiger partial charge in [-0.3, -0.25) is 4.98 Å². The van der Waals surface area contributed by atoms with Crippen LogP contribution < -0.4 is 10.6 Å². The molecule has 3 rings (SSSR count). The van der Waals surface area contributed by atoms with Gasteiger partial charge in [-0.15, -0.1) is 24.0 Å². The van der Waals surface area contributed by atoms with E-state index in [4.69, 9.17) is 0 Å². The van der Waals surface area contributed by atoms with Gasteiger partial charge in [0.1, 0.15) is 0 Å². The second kappa shape index (κ2) is 13.0. The lowest BCUT2D eigenvalue weighted by molar-refractivity contribution is 0.346. The highest BCUT2D eigenvalue weighted by Crippen LogP contribution is 2.21. The standard InChI is InChI=1S/C22H31N5O2S.HI/c1-2-23-22(25-15-13-20-8-4-5-14-24-20)26-18-19-9-11-21(12-10-19)30(28,29)27-16-6-3-7-17-27;/h4-5,8-12,14H,2-3,6-7,13,15-18H2,1H3,(H2,23,25,26);1H. The molecule has 1 aliphatic rings. The Morgan fingerprint density at radius 3 is 2.45 bits per heavy atom. The number of aliphatic imine (C=N–C) groups is 1. The van der Waals surface area contributed by atoms with Gasteiger partial charge >= 0.3 is 0 Å². The third-order valence-corrected chi connectivity index (χ3v) is 6.95. The van der Waals surface area contributed by atoms with Crippen LogP contribution in [-0.4, -0.2) is 49.8 Å². The van der Waals surface area contributed by atoms with Crippen molar-refractivity contribution in [3.05, 3.63) is 59.9 Å². The number of aromatic nitrogens is 1. The van der Waals surface area contributed by atoms with Gasteiger partial charge in [0.25, 0.3) is 0 Å². The maximum absolute atomic E-state index is 12.8. The summed E-state index contributed by atoms with van der Waals surface area (Å²) in [5.74, 6) is 0.735. The smallest absolute Gasteiger partial charge is 0.243 e. The Bertz CT molecular complexity index is 915. The van der Waals surface area contributed by atoms with Gasteiger partial charge in [-0.05, 0) is 49.6 Å². The minimum Gasteiger partial charge on any atom is -0.357 e. The predicted octanol–water partition coefficient (Wildman–Crippen LogP) is 3.17. The quantitative estimate of drug-likeness (QED) is 0.296. The Morgan fingerprint density at radius 2 is 1.81 bits per heavy atom. The summed E-state index contributed by atoms with van der Waals surface area (Å²) in [6.07, 6.45) is 5.59. The molecule has 0 atom stereocenters. The first kappa shape index (κ1) is 25.5. The number of hydrogen-bond donors (Lipinski definition) is 2. The number of halogens is 1. The number of hydrogen-bond acceptors (Lipinski definition) is 4. The van der Waals surface area contributed by atoms with Crippen molar-refractivity contribution in [2.75, 3.05) is 26.2 Å². The van der Waals surface area contributed by atoms with E-state index in [1.54, 1.807) is 22.6 Å². The molecule has 0 amide bonds. The molecule has 0 aliphatic carbocycles. The van der Waals surface area contributed by atoms with Crippen LogP contribution in [0.3, 0.4) is 0 Å². The summed E-state index contributed by atoms with van der Waals surface area (Å²) in [6.45, 7) is 5.23. The summed E-state index contributed by atoms with van der Waals surface area (Å²) < 4.78 is 27.1. The van der Waals surface area contributed by atoms with Crippen LogP contribution in [0, 0.1) is 0 Å². The molecular formula is C22H32IN5O2S. The van der Waals surface area contributed by atoms with Gasteiger partial charge in [0.15, 0.2) is 5.96 Å². The molecule has 1 fully saturated rings. The molecule has 0 unspecified atom stereocenters. The highest BCUT2D eigenvalue weighted by Gasteiger charge is 2.25. The fourth-order valence-electron chi connectivity index (χ4n) is 3.39. The molecule has 9 heteroatoms. The molecule has 7 nitrogen and oxygen atoms in total. The number of sulfonamides is 1. The van der Waals surface area contributed by atoms with E-state index in [1.165, 1.54) is 0 Å². The SMILES string of the molecule is CCNC(=NCc1ccc(S(=O)(=O)N2CCCCC2)cc1)NCCc1ccccn1.I. The van der Waals surface area contributed by atoms with Crippen LogP contribution in [0.5, 0.6) is 0 Å². The second-order valence-corrected chi connectivity index (χ2v) is 9.24. The van der Waals surface area contributed by atoms with E-state index in [2.05, 4.69) is 20.6 Å². The Balaban J connectivity index is 0.00000341. The second-order valence-electron chi connectivity index (χ2n) is 7.30.